The van der Waals surface area contributed by atoms with Crippen LogP contribution in [0.15, 0.2) is 47.3 Å². The molecule has 2 heterocycles. The highest BCUT2D eigenvalue weighted by Gasteiger charge is 2.07. The molecule has 0 aliphatic carbocycles. The number of thiophene rings is 1. The Labute approximate surface area is 111 Å². The number of para-hydroxylation sites is 1. The summed E-state index contributed by atoms with van der Waals surface area (Å²) in [5.74, 6) is 0. The van der Waals surface area contributed by atoms with Crippen LogP contribution in [0.3, 0.4) is 0 Å². The van der Waals surface area contributed by atoms with Crippen LogP contribution >= 0.6 is 11.3 Å². The van der Waals surface area contributed by atoms with Gasteiger partial charge in [-0.15, -0.1) is 0 Å². The summed E-state index contributed by atoms with van der Waals surface area (Å²) in [6.45, 7) is 1.87. The second-order valence-electron chi connectivity index (χ2n) is 4.46. The Morgan fingerprint density at radius 3 is 2.89 bits per heavy atom. The van der Waals surface area contributed by atoms with Crippen molar-refractivity contribution < 1.29 is 0 Å². The molecule has 0 saturated carbocycles. The molecule has 0 atom stereocenters. The van der Waals surface area contributed by atoms with Crippen LogP contribution in [0, 0.1) is 0 Å². The van der Waals surface area contributed by atoms with Gasteiger partial charge < -0.3 is 9.88 Å². The molecule has 3 aromatic rings. The van der Waals surface area contributed by atoms with Gasteiger partial charge in [0.25, 0.3) is 0 Å². The van der Waals surface area contributed by atoms with E-state index in [0.29, 0.717) is 0 Å². The third kappa shape index (κ3) is 2.07. The molecule has 92 valence electrons. The van der Waals surface area contributed by atoms with Gasteiger partial charge in [-0.05, 0) is 41.1 Å². The minimum Gasteiger partial charge on any atom is -0.343 e. The molecule has 1 aromatic carbocycles. The molecule has 0 radical (unpaired) electrons. The van der Waals surface area contributed by atoms with Crippen LogP contribution in [0.1, 0.15) is 11.1 Å². The first-order chi connectivity index (χ1) is 8.88. The predicted octanol–water partition coefficient (Wildman–Crippen LogP) is 3.47. The van der Waals surface area contributed by atoms with Gasteiger partial charge in [-0.3, -0.25) is 0 Å². The molecule has 3 heteroatoms. The normalized spacial score (nSPS) is 11.2. The molecule has 2 aromatic heterocycles. The minimum absolute atomic E-state index is 0.914. The van der Waals surface area contributed by atoms with E-state index >= 15 is 0 Å². The smallest absolute Gasteiger partial charge is 0.0486 e. The van der Waals surface area contributed by atoms with Crippen LogP contribution in [0.4, 0.5) is 0 Å². The molecule has 0 amide bonds. The van der Waals surface area contributed by atoms with Gasteiger partial charge in [0.1, 0.15) is 0 Å². The standard InChI is InChI=1S/C15H16N2S/c1-16-8-13-10-17(9-12-6-7-18-11-12)15-5-3-2-4-14(13)15/h2-7,10-11,16H,8-9H2,1H3. The summed E-state index contributed by atoms with van der Waals surface area (Å²) in [4.78, 5) is 0. The van der Waals surface area contributed by atoms with E-state index in [1.165, 1.54) is 22.0 Å². The van der Waals surface area contributed by atoms with E-state index in [-0.39, 0.29) is 0 Å². The Morgan fingerprint density at radius 1 is 1.22 bits per heavy atom. The summed E-state index contributed by atoms with van der Waals surface area (Å²) >= 11 is 1.76. The quantitative estimate of drug-likeness (QED) is 0.756. The maximum absolute atomic E-state index is 3.24. The topological polar surface area (TPSA) is 17.0 Å². The van der Waals surface area contributed by atoms with Crippen molar-refractivity contribution in [2.45, 2.75) is 13.1 Å². The highest BCUT2D eigenvalue weighted by molar-refractivity contribution is 7.07. The van der Waals surface area contributed by atoms with Crippen molar-refractivity contribution in [3.8, 4) is 0 Å². The van der Waals surface area contributed by atoms with Crippen molar-refractivity contribution in [1.29, 1.82) is 0 Å². The molecule has 18 heavy (non-hydrogen) atoms. The first-order valence-electron chi connectivity index (χ1n) is 6.11. The Balaban J connectivity index is 2.05. The van der Waals surface area contributed by atoms with Crippen LogP contribution in [0.5, 0.6) is 0 Å². The Morgan fingerprint density at radius 2 is 2.11 bits per heavy atom. The number of nitrogens with zero attached hydrogens (tertiary/aromatic N) is 1. The number of benzene rings is 1. The number of fused-ring (bicyclic) bond motifs is 1. The highest BCUT2D eigenvalue weighted by atomic mass is 32.1. The van der Waals surface area contributed by atoms with Crippen molar-refractivity contribution in [3.63, 3.8) is 0 Å². The van der Waals surface area contributed by atoms with Gasteiger partial charge >= 0.3 is 0 Å². The SMILES string of the molecule is CNCc1cn(Cc2ccsc2)c2ccccc12. The third-order valence-electron chi connectivity index (χ3n) is 3.17. The molecule has 2 nitrogen and oxygen atoms in total. The van der Waals surface area contributed by atoms with Gasteiger partial charge in [0, 0.05) is 30.2 Å². The van der Waals surface area contributed by atoms with E-state index in [2.05, 4.69) is 57.2 Å². The summed E-state index contributed by atoms with van der Waals surface area (Å²) in [5.41, 5.74) is 4.05. The second-order valence-corrected chi connectivity index (χ2v) is 5.24. The van der Waals surface area contributed by atoms with E-state index in [1.54, 1.807) is 11.3 Å². The van der Waals surface area contributed by atoms with Gasteiger partial charge in [-0.1, -0.05) is 18.2 Å². The molecule has 3 rings (SSSR count). The fourth-order valence-corrected chi connectivity index (χ4v) is 3.02. The lowest BCUT2D eigenvalue weighted by Crippen LogP contribution is -2.04. The maximum atomic E-state index is 3.24. The van der Waals surface area contributed by atoms with Crippen LogP contribution < -0.4 is 5.32 Å². The molecule has 1 N–H and O–H groups in total. The molecule has 0 unspecified atom stereocenters. The van der Waals surface area contributed by atoms with Crippen molar-refractivity contribution >= 4 is 22.2 Å². The third-order valence-corrected chi connectivity index (χ3v) is 3.90. The fourth-order valence-electron chi connectivity index (χ4n) is 2.36. The zero-order valence-electron chi connectivity index (χ0n) is 10.4. The second kappa shape index (κ2) is 4.96. The Bertz CT molecular complexity index is 638. The van der Waals surface area contributed by atoms with Crippen molar-refractivity contribution in [2.75, 3.05) is 7.05 Å². The number of hydrogen-bond donors (Lipinski definition) is 1. The van der Waals surface area contributed by atoms with Crippen molar-refractivity contribution in [3.05, 3.63) is 58.4 Å². The fraction of sp³-hybridized carbons (Fsp3) is 0.200. The summed E-state index contributed by atoms with van der Waals surface area (Å²) < 4.78 is 2.34. The van der Waals surface area contributed by atoms with Gasteiger partial charge in [0.15, 0.2) is 0 Å². The monoisotopic (exact) mass is 256 g/mol. The molecule has 0 aliphatic heterocycles. The summed E-state index contributed by atoms with van der Waals surface area (Å²) in [5, 5.41) is 8.94. The Kier molecular flexibility index (Phi) is 3.17. The highest BCUT2D eigenvalue weighted by Crippen LogP contribution is 2.22. The number of hydrogen-bond acceptors (Lipinski definition) is 2. The van der Waals surface area contributed by atoms with Crippen molar-refractivity contribution in [2.24, 2.45) is 0 Å². The van der Waals surface area contributed by atoms with E-state index in [4.69, 9.17) is 0 Å². The molecular formula is C15H16N2S. The number of nitrogens with one attached hydrogen (secondary N) is 1. The lowest BCUT2D eigenvalue weighted by molar-refractivity contribution is 0.797. The molecule has 0 aliphatic rings. The average Bonchev–Trinajstić information content (AvgIpc) is 3.00. The molecular weight excluding hydrogens is 240 g/mol. The zero-order valence-corrected chi connectivity index (χ0v) is 11.2. The first-order valence-corrected chi connectivity index (χ1v) is 7.05. The molecule has 0 fully saturated rings. The largest absolute Gasteiger partial charge is 0.343 e. The molecule has 0 saturated heterocycles. The van der Waals surface area contributed by atoms with Crippen LogP contribution in [0.2, 0.25) is 0 Å². The summed E-state index contributed by atoms with van der Waals surface area (Å²) in [7, 11) is 1.99. The number of rotatable bonds is 4. The van der Waals surface area contributed by atoms with Crippen molar-refractivity contribution in [1.82, 2.24) is 9.88 Å². The summed E-state index contributed by atoms with van der Waals surface area (Å²) in [6.07, 6.45) is 2.26. The average molecular weight is 256 g/mol. The first kappa shape index (κ1) is 11.5. The van der Waals surface area contributed by atoms with E-state index in [9.17, 15) is 0 Å². The maximum Gasteiger partial charge on any atom is 0.0486 e. The van der Waals surface area contributed by atoms with Crippen LogP contribution in [-0.4, -0.2) is 11.6 Å². The lowest BCUT2D eigenvalue weighted by Gasteiger charge is -2.02. The van der Waals surface area contributed by atoms with Gasteiger partial charge in [-0.25, -0.2) is 0 Å². The van der Waals surface area contributed by atoms with Gasteiger partial charge in [0.2, 0.25) is 0 Å². The van der Waals surface area contributed by atoms with Gasteiger partial charge in [0.05, 0.1) is 0 Å². The minimum atomic E-state index is 0.914. The lowest BCUT2D eigenvalue weighted by atomic mass is 10.2. The molecule has 0 spiro atoms. The number of aromatic nitrogens is 1. The summed E-state index contributed by atoms with van der Waals surface area (Å²) in [6, 6.07) is 10.8. The Hall–Kier alpha value is -1.58. The molecule has 0 bridgehead atoms. The van der Waals surface area contributed by atoms with E-state index in [0.717, 1.165) is 13.1 Å². The zero-order chi connectivity index (χ0) is 12.4. The predicted molar refractivity (Wildman–Crippen MR) is 78.1 cm³/mol. The van der Waals surface area contributed by atoms with Crippen LogP contribution in [0.25, 0.3) is 10.9 Å². The van der Waals surface area contributed by atoms with Gasteiger partial charge in [-0.2, -0.15) is 11.3 Å². The van der Waals surface area contributed by atoms with Crippen LogP contribution in [-0.2, 0) is 13.1 Å². The van der Waals surface area contributed by atoms with E-state index < -0.39 is 0 Å². The van der Waals surface area contributed by atoms with E-state index in [1.807, 2.05) is 7.05 Å².